The number of carbonyl (C=O) groups is 1. The fourth-order valence-electron chi connectivity index (χ4n) is 2.59. The zero-order valence-corrected chi connectivity index (χ0v) is 13.3. The van der Waals surface area contributed by atoms with Crippen molar-refractivity contribution in [3.63, 3.8) is 0 Å². The maximum absolute atomic E-state index is 12.5. The summed E-state index contributed by atoms with van der Waals surface area (Å²) in [5.41, 5.74) is 7.49. The van der Waals surface area contributed by atoms with E-state index >= 15 is 0 Å². The predicted octanol–water partition coefficient (Wildman–Crippen LogP) is 2.59. The summed E-state index contributed by atoms with van der Waals surface area (Å²) < 4.78 is 0. The molecule has 1 atom stereocenters. The van der Waals surface area contributed by atoms with E-state index in [0.717, 1.165) is 23.7 Å². The Kier molecular flexibility index (Phi) is 5.37. The topological polar surface area (TPSA) is 58.4 Å². The van der Waals surface area contributed by atoms with Crippen molar-refractivity contribution in [2.75, 3.05) is 11.9 Å². The molecule has 1 amide bonds. The Labute approximate surface area is 127 Å². The highest BCUT2D eigenvalue weighted by Crippen LogP contribution is 2.31. The summed E-state index contributed by atoms with van der Waals surface area (Å²) >= 11 is 0. The molecule has 1 unspecified atom stereocenters. The Bertz CT molecular complexity index is 483. The highest BCUT2D eigenvalue weighted by atomic mass is 16.2. The molecule has 1 aliphatic carbocycles. The minimum absolute atomic E-state index is 0.0542. The molecule has 1 aromatic rings. The van der Waals surface area contributed by atoms with Crippen LogP contribution in [0.5, 0.6) is 0 Å². The van der Waals surface area contributed by atoms with Crippen molar-refractivity contribution in [1.82, 2.24) is 4.90 Å². The largest absolute Gasteiger partial charge is 0.326 e. The van der Waals surface area contributed by atoms with Crippen LogP contribution in [-0.4, -0.2) is 29.4 Å². The molecule has 21 heavy (non-hydrogen) atoms. The first kappa shape index (κ1) is 16.0. The normalized spacial score (nSPS) is 16.3. The molecular formula is C17H27N3O. The fourth-order valence-corrected chi connectivity index (χ4v) is 2.59. The van der Waals surface area contributed by atoms with E-state index in [9.17, 15) is 4.79 Å². The quantitative estimate of drug-likeness (QED) is 0.811. The van der Waals surface area contributed by atoms with Crippen LogP contribution < -0.4 is 11.1 Å². The van der Waals surface area contributed by atoms with Gasteiger partial charge in [-0.25, -0.2) is 0 Å². The molecule has 116 valence electrons. The molecule has 0 bridgehead atoms. The summed E-state index contributed by atoms with van der Waals surface area (Å²) in [5, 5.41) is 3.01. The Morgan fingerprint density at radius 3 is 2.67 bits per heavy atom. The summed E-state index contributed by atoms with van der Waals surface area (Å²) in [4.78, 5) is 14.8. The lowest BCUT2D eigenvalue weighted by Crippen LogP contribution is -2.46. The van der Waals surface area contributed by atoms with Gasteiger partial charge in [0.05, 0.1) is 6.04 Å². The van der Waals surface area contributed by atoms with Crippen LogP contribution in [0.3, 0.4) is 0 Å². The number of carbonyl (C=O) groups excluding carboxylic acids is 1. The van der Waals surface area contributed by atoms with E-state index in [1.165, 1.54) is 12.8 Å². The average Bonchev–Trinajstić information content (AvgIpc) is 3.28. The highest BCUT2D eigenvalue weighted by Gasteiger charge is 2.30. The van der Waals surface area contributed by atoms with Crippen LogP contribution in [0.4, 0.5) is 5.69 Å². The second-order valence-electron chi connectivity index (χ2n) is 6.30. The van der Waals surface area contributed by atoms with Crippen molar-refractivity contribution in [2.24, 2.45) is 11.7 Å². The van der Waals surface area contributed by atoms with Gasteiger partial charge in [-0.1, -0.05) is 12.1 Å². The van der Waals surface area contributed by atoms with Gasteiger partial charge in [-0.2, -0.15) is 0 Å². The molecule has 0 heterocycles. The Hall–Kier alpha value is -1.39. The third-order valence-electron chi connectivity index (χ3n) is 4.14. The van der Waals surface area contributed by atoms with Gasteiger partial charge >= 0.3 is 0 Å². The summed E-state index contributed by atoms with van der Waals surface area (Å²) in [6, 6.07) is 7.99. The van der Waals surface area contributed by atoms with Crippen LogP contribution in [0.1, 0.15) is 39.2 Å². The Morgan fingerprint density at radius 1 is 1.38 bits per heavy atom. The molecule has 4 heteroatoms. The summed E-state index contributed by atoms with van der Waals surface area (Å²) in [5.74, 6) is 0.835. The third kappa shape index (κ3) is 4.55. The molecule has 3 N–H and O–H groups in total. The summed E-state index contributed by atoms with van der Waals surface area (Å²) in [6.07, 6.45) is 2.60. The van der Waals surface area contributed by atoms with Gasteiger partial charge in [0.2, 0.25) is 5.91 Å². The number of nitrogens with zero attached hydrogens (tertiary/aromatic N) is 1. The van der Waals surface area contributed by atoms with Gasteiger partial charge in [0.15, 0.2) is 0 Å². The van der Waals surface area contributed by atoms with E-state index in [1.54, 1.807) is 0 Å². The molecule has 2 rings (SSSR count). The van der Waals surface area contributed by atoms with Crippen molar-refractivity contribution in [3.8, 4) is 0 Å². The number of amides is 1. The minimum atomic E-state index is -0.118. The van der Waals surface area contributed by atoms with Gasteiger partial charge in [-0.3, -0.25) is 9.69 Å². The van der Waals surface area contributed by atoms with Crippen LogP contribution in [-0.2, 0) is 11.3 Å². The van der Waals surface area contributed by atoms with Crippen LogP contribution in [0.15, 0.2) is 24.3 Å². The summed E-state index contributed by atoms with van der Waals surface area (Å²) in [6.45, 7) is 7.81. The number of benzene rings is 1. The van der Waals surface area contributed by atoms with Gasteiger partial charge in [0.1, 0.15) is 0 Å². The molecule has 0 aromatic heterocycles. The van der Waals surface area contributed by atoms with Crippen molar-refractivity contribution >= 4 is 11.6 Å². The maximum Gasteiger partial charge on any atom is 0.241 e. The van der Waals surface area contributed by atoms with Crippen molar-refractivity contribution in [1.29, 1.82) is 0 Å². The van der Waals surface area contributed by atoms with Crippen LogP contribution in [0, 0.1) is 5.92 Å². The molecule has 0 spiro atoms. The predicted molar refractivity (Wildman–Crippen MR) is 87.0 cm³/mol. The lowest BCUT2D eigenvalue weighted by molar-refractivity contribution is -0.121. The molecule has 0 saturated heterocycles. The first-order chi connectivity index (χ1) is 10.0. The first-order valence-corrected chi connectivity index (χ1v) is 7.87. The number of hydrogen-bond donors (Lipinski definition) is 2. The van der Waals surface area contributed by atoms with Gasteiger partial charge in [-0.05, 0) is 57.2 Å². The molecule has 1 saturated carbocycles. The number of rotatable bonds is 7. The smallest absolute Gasteiger partial charge is 0.241 e. The summed E-state index contributed by atoms with van der Waals surface area (Å²) in [7, 11) is 0. The van der Waals surface area contributed by atoms with Crippen LogP contribution in [0.2, 0.25) is 0 Å². The van der Waals surface area contributed by atoms with Crippen molar-refractivity contribution < 1.29 is 4.79 Å². The third-order valence-corrected chi connectivity index (χ3v) is 4.14. The van der Waals surface area contributed by atoms with E-state index in [4.69, 9.17) is 5.73 Å². The maximum atomic E-state index is 12.5. The van der Waals surface area contributed by atoms with Crippen LogP contribution >= 0.6 is 0 Å². The Morgan fingerprint density at radius 2 is 2.10 bits per heavy atom. The highest BCUT2D eigenvalue weighted by molar-refractivity contribution is 5.94. The van der Waals surface area contributed by atoms with Gasteiger partial charge < -0.3 is 11.1 Å². The Balaban J connectivity index is 1.99. The SMILES string of the molecule is CC(C)N(CC1CC1)C(C)C(=O)Nc1cccc(CN)c1. The number of nitrogens with one attached hydrogen (secondary N) is 1. The number of hydrogen-bond acceptors (Lipinski definition) is 3. The first-order valence-electron chi connectivity index (χ1n) is 7.87. The van der Waals surface area contributed by atoms with Gasteiger partial charge in [-0.15, -0.1) is 0 Å². The van der Waals surface area contributed by atoms with E-state index in [-0.39, 0.29) is 11.9 Å². The second kappa shape index (κ2) is 7.05. The fraction of sp³-hybridized carbons (Fsp3) is 0.588. The molecule has 0 aliphatic heterocycles. The molecule has 0 radical (unpaired) electrons. The molecule has 4 nitrogen and oxygen atoms in total. The molecule has 1 fully saturated rings. The van der Waals surface area contributed by atoms with E-state index in [1.807, 2.05) is 31.2 Å². The standard InChI is InChI=1S/C17H27N3O/c1-12(2)20(11-14-7-8-14)13(3)17(21)19-16-6-4-5-15(9-16)10-18/h4-6,9,12-14H,7-8,10-11,18H2,1-3H3,(H,19,21). The molecule has 1 aromatic carbocycles. The second-order valence-corrected chi connectivity index (χ2v) is 6.30. The van der Waals surface area contributed by atoms with Gasteiger partial charge in [0, 0.05) is 24.8 Å². The number of nitrogens with two attached hydrogens (primary N) is 1. The average molecular weight is 289 g/mol. The number of anilines is 1. The minimum Gasteiger partial charge on any atom is -0.326 e. The lowest BCUT2D eigenvalue weighted by Gasteiger charge is -2.31. The van der Waals surface area contributed by atoms with Crippen molar-refractivity contribution in [2.45, 2.75) is 52.2 Å². The zero-order chi connectivity index (χ0) is 15.4. The van der Waals surface area contributed by atoms with E-state index in [0.29, 0.717) is 12.6 Å². The van der Waals surface area contributed by atoms with Crippen molar-refractivity contribution in [3.05, 3.63) is 29.8 Å². The molecular weight excluding hydrogens is 262 g/mol. The van der Waals surface area contributed by atoms with Gasteiger partial charge in [0.25, 0.3) is 0 Å². The molecule has 1 aliphatic rings. The van der Waals surface area contributed by atoms with E-state index in [2.05, 4.69) is 24.1 Å². The lowest BCUT2D eigenvalue weighted by atomic mass is 10.1. The van der Waals surface area contributed by atoms with Crippen LogP contribution in [0.25, 0.3) is 0 Å². The zero-order valence-electron chi connectivity index (χ0n) is 13.3. The monoisotopic (exact) mass is 289 g/mol. The van der Waals surface area contributed by atoms with E-state index < -0.39 is 0 Å².